The molecule has 84 valence electrons. The van der Waals surface area contributed by atoms with Gasteiger partial charge in [-0.1, -0.05) is 0 Å². The van der Waals surface area contributed by atoms with E-state index in [1.165, 1.54) is 6.20 Å². The lowest BCUT2D eigenvalue weighted by Crippen LogP contribution is -2.18. The van der Waals surface area contributed by atoms with Crippen LogP contribution in [-0.4, -0.2) is 21.9 Å². The number of anilines is 1. The van der Waals surface area contributed by atoms with Crippen LogP contribution in [0.25, 0.3) is 11.0 Å². The van der Waals surface area contributed by atoms with Gasteiger partial charge in [-0.05, 0) is 19.9 Å². The number of aromatic nitrogens is 2. The lowest BCUT2D eigenvalue weighted by Gasteiger charge is -2.13. The van der Waals surface area contributed by atoms with Crippen molar-refractivity contribution in [3.05, 3.63) is 24.0 Å². The molecule has 4 N–H and O–H groups in total. The number of hydrogen-bond acceptors (Lipinski definition) is 3. The second kappa shape index (κ2) is 3.84. The van der Waals surface area contributed by atoms with Crippen molar-refractivity contribution in [2.75, 3.05) is 5.32 Å². The number of amides is 1. The van der Waals surface area contributed by atoms with Gasteiger partial charge in [0.2, 0.25) is 0 Å². The van der Waals surface area contributed by atoms with E-state index in [0.29, 0.717) is 5.56 Å². The van der Waals surface area contributed by atoms with Gasteiger partial charge in [0.05, 0.1) is 11.3 Å². The minimum atomic E-state index is -0.473. The standard InChI is InChI=1S/C11H14N4O/c1-6(2)15-9-7-3-4-13-11(7)14-5-8(9)10(12)16/h3-6H,1-2H3,(H2,12,16)(H2,13,14,15). The summed E-state index contributed by atoms with van der Waals surface area (Å²) >= 11 is 0. The highest BCUT2D eigenvalue weighted by Crippen LogP contribution is 2.25. The average Bonchev–Trinajstić information content (AvgIpc) is 2.64. The van der Waals surface area contributed by atoms with Crippen molar-refractivity contribution in [3.63, 3.8) is 0 Å². The van der Waals surface area contributed by atoms with Gasteiger partial charge in [-0.3, -0.25) is 4.79 Å². The normalized spacial score (nSPS) is 10.9. The van der Waals surface area contributed by atoms with Crippen LogP contribution in [0.4, 0.5) is 5.69 Å². The van der Waals surface area contributed by atoms with Crippen molar-refractivity contribution in [1.82, 2.24) is 9.97 Å². The summed E-state index contributed by atoms with van der Waals surface area (Å²) in [5.74, 6) is -0.473. The molecule has 2 aromatic rings. The third kappa shape index (κ3) is 1.71. The summed E-state index contributed by atoms with van der Waals surface area (Å²) in [4.78, 5) is 18.4. The SMILES string of the molecule is CC(C)Nc1c(C(N)=O)cnc2[nH]ccc12. The Kier molecular flexibility index (Phi) is 2.52. The van der Waals surface area contributed by atoms with Crippen LogP contribution in [0.1, 0.15) is 24.2 Å². The number of primary amides is 1. The average molecular weight is 218 g/mol. The number of nitrogens with one attached hydrogen (secondary N) is 2. The van der Waals surface area contributed by atoms with Crippen LogP contribution in [-0.2, 0) is 0 Å². The molecule has 16 heavy (non-hydrogen) atoms. The largest absolute Gasteiger partial charge is 0.382 e. The lowest BCUT2D eigenvalue weighted by molar-refractivity contribution is 0.100. The highest BCUT2D eigenvalue weighted by Gasteiger charge is 2.14. The Morgan fingerprint density at radius 1 is 1.56 bits per heavy atom. The molecule has 2 aromatic heterocycles. The zero-order valence-electron chi connectivity index (χ0n) is 9.24. The maximum absolute atomic E-state index is 11.3. The van der Waals surface area contributed by atoms with E-state index in [9.17, 15) is 4.79 Å². The second-order valence-corrected chi connectivity index (χ2v) is 3.95. The molecule has 0 radical (unpaired) electrons. The third-order valence-corrected chi connectivity index (χ3v) is 2.29. The molecule has 1 amide bonds. The van der Waals surface area contributed by atoms with Crippen LogP contribution >= 0.6 is 0 Å². The van der Waals surface area contributed by atoms with Gasteiger partial charge in [-0.25, -0.2) is 4.98 Å². The molecule has 0 unspecified atom stereocenters. The first-order valence-electron chi connectivity index (χ1n) is 5.12. The van der Waals surface area contributed by atoms with E-state index in [-0.39, 0.29) is 6.04 Å². The van der Waals surface area contributed by atoms with Gasteiger partial charge in [0.1, 0.15) is 5.65 Å². The highest BCUT2D eigenvalue weighted by molar-refractivity contribution is 6.05. The van der Waals surface area contributed by atoms with Gasteiger partial charge in [0.25, 0.3) is 5.91 Å². The summed E-state index contributed by atoms with van der Waals surface area (Å²) in [6.07, 6.45) is 3.28. The number of nitrogens with two attached hydrogens (primary N) is 1. The zero-order valence-corrected chi connectivity index (χ0v) is 9.24. The van der Waals surface area contributed by atoms with Crippen LogP contribution in [0, 0.1) is 0 Å². The molecule has 0 aliphatic carbocycles. The number of pyridine rings is 1. The maximum atomic E-state index is 11.3. The van der Waals surface area contributed by atoms with Crippen LogP contribution in [0.2, 0.25) is 0 Å². The van der Waals surface area contributed by atoms with Crippen molar-refractivity contribution in [1.29, 1.82) is 0 Å². The molecule has 2 heterocycles. The first-order valence-corrected chi connectivity index (χ1v) is 5.12. The second-order valence-electron chi connectivity index (χ2n) is 3.95. The van der Waals surface area contributed by atoms with Crippen molar-refractivity contribution in [2.24, 2.45) is 5.73 Å². The van der Waals surface area contributed by atoms with E-state index in [0.717, 1.165) is 16.7 Å². The first-order chi connectivity index (χ1) is 7.59. The molecular weight excluding hydrogens is 204 g/mol. The van der Waals surface area contributed by atoms with Gasteiger partial charge >= 0.3 is 0 Å². The molecule has 2 rings (SSSR count). The van der Waals surface area contributed by atoms with Gasteiger partial charge < -0.3 is 16.0 Å². The molecule has 0 atom stereocenters. The van der Waals surface area contributed by atoms with Crippen molar-refractivity contribution in [2.45, 2.75) is 19.9 Å². The Balaban J connectivity index is 2.65. The number of nitrogens with zero attached hydrogens (tertiary/aromatic N) is 1. The Labute approximate surface area is 93.1 Å². The minimum Gasteiger partial charge on any atom is -0.382 e. The number of fused-ring (bicyclic) bond motifs is 1. The Morgan fingerprint density at radius 3 is 2.94 bits per heavy atom. The molecule has 5 heteroatoms. The van der Waals surface area contributed by atoms with Gasteiger partial charge in [0, 0.05) is 23.8 Å². The fourth-order valence-electron chi connectivity index (χ4n) is 1.64. The number of hydrogen-bond donors (Lipinski definition) is 3. The van der Waals surface area contributed by atoms with Crippen molar-refractivity contribution in [3.8, 4) is 0 Å². The van der Waals surface area contributed by atoms with Crippen LogP contribution in [0.5, 0.6) is 0 Å². The van der Waals surface area contributed by atoms with Crippen molar-refractivity contribution < 1.29 is 4.79 Å². The number of aromatic amines is 1. The van der Waals surface area contributed by atoms with Gasteiger partial charge in [0.15, 0.2) is 0 Å². The number of carbonyl (C=O) groups is 1. The fraction of sp³-hybridized carbons (Fsp3) is 0.273. The third-order valence-electron chi connectivity index (χ3n) is 2.29. The van der Waals surface area contributed by atoms with Gasteiger partial charge in [-0.2, -0.15) is 0 Å². The molecule has 5 nitrogen and oxygen atoms in total. The van der Waals surface area contributed by atoms with E-state index in [1.54, 1.807) is 6.20 Å². The first kappa shape index (κ1) is 10.5. The van der Waals surface area contributed by atoms with Gasteiger partial charge in [-0.15, -0.1) is 0 Å². The molecule has 0 fully saturated rings. The molecule has 0 saturated heterocycles. The summed E-state index contributed by atoms with van der Waals surface area (Å²) in [6, 6.07) is 2.10. The van der Waals surface area contributed by atoms with Crippen molar-refractivity contribution >= 4 is 22.6 Å². The molecule has 0 spiro atoms. The van der Waals surface area contributed by atoms with E-state index < -0.39 is 5.91 Å². The molecule has 0 aromatic carbocycles. The summed E-state index contributed by atoms with van der Waals surface area (Å²) in [5, 5.41) is 4.10. The predicted molar refractivity (Wildman–Crippen MR) is 63.4 cm³/mol. The summed E-state index contributed by atoms with van der Waals surface area (Å²) in [6.45, 7) is 4.01. The van der Waals surface area contributed by atoms with E-state index in [2.05, 4.69) is 15.3 Å². The van der Waals surface area contributed by atoms with E-state index >= 15 is 0 Å². The summed E-state index contributed by atoms with van der Waals surface area (Å²) < 4.78 is 0. The van der Waals surface area contributed by atoms with E-state index in [4.69, 9.17) is 5.73 Å². The molecule has 0 saturated carbocycles. The van der Waals surface area contributed by atoms with Crippen LogP contribution < -0.4 is 11.1 Å². The smallest absolute Gasteiger partial charge is 0.252 e. The maximum Gasteiger partial charge on any atom is 0.252 e. The number of H-pyrrole nitrogens is 1. The quantitative estimate of drug-likeness (QED) is 0.729. The van der Waals surface area contributed by atoms with E-state index in [1.807, 2.05) is 19.9 Å². The van der Waals surface area contributed by atoms with Crippen LogP contribution in [0.3, 0.4) is 0 Å². The molecule has 0 aliphatic rings. The number of carbonyl (C=O) groups excluding carboxylic acids is 1. The molecular formula is C11H14N4O. The summed E-state index contributed by atoms with van der Waals surface area (Å²) in [7, 11) is 0. The lowest BCUT2D eigenvalue weighted by atomic mass is 10.1. The molecule has 0 aliphatic heterocycles. The Morgan fingerprint density at radius 2 is 2.31 bits per heavy atom. The Hall–Kier alpha value is -2.04. The zero-order chi connectivity index (χ0) is 11.7. The Bertz CT molecular complexity index is 530. The molecule has 0 bridgehead atoms. The number of rotatable bonds is 3. The monoisotopic (exact) mass is 218 g/mol. The van der Waals surface area contributed by atoms with Crippen LogP contribution in [0.15, 0.2) is 18.5 Å². The minimum absolute atomic E-state index is 0.221. The fourth-order valence-corrected chi connectivity index (χ4v) is 1.64. The summed E-state index contributed by atoms with van der Waals surface area (Å²) in [5.41, 5.74) is 7.23. The highest BCUT2D eigenvalue weighted by atomic mass is 16.1. The predicted octanol–water partition coefficient (Wildman–Crippen LogP) is 1.48. The topological polar surface area (TPSA) is 83.8 Å².